The molecular weight excluding hydrogens is 382 g/mol. The summed E-state index contributed by atoms with van der Waals surface area (Å²) < 4.78 is 16.7. The van der Waals surface area contributed by atoms with Gasteiger partial charge in [0.1, 0.15) is 18.2 Å². The lowest BCUT2D eigenvalue weighted by atomic mass is 10.0. The van der Waals surface area contributed by atoms with Gasteiger partial charge in [0.15, 0.2) is 11.5 Å². The number of pyridine rings is 3. The second kappa shape index (κ2) is 7.31. The van der Waals surface area contributed by atoms with E-state index >= 15 is 0 Å². The number of ether oxygens (including phenoxy) is 3. The highest BCUT2D eigenvalue weighted by Crippen LogP contribution is 2.37. The molecule has 5 rings (SSSR count). The normalized spacial score (nSPS) is 15.3. The molecule has 0 saturated carbocycles. The van der Waals surface area contributed by atoms with Crippen molar-refractivity contribution < 1.29 is 14.2 Å². The second-order valence-electron chi connectivity index (χ2n) is 7.16. The van der Waals surface area contributed by atoms with Crippen LogP contribution in [0.4, 0.5) is 5.82 Å². The monoisotopic (exact) mass is 403 g/mol. The van der Waals surface area contributed by atoms with E-state index in [1.165, 1.54) is 0 Å². The van der Waals surface area contributed by atoms with Gasteiger partial charge in [-0.05, 0) is 23.6 Å². The number of fused-ring (bicyclic) bond motifs is 3. The van der Waals surface area contributed by atoms with E-state index in [1.807, 2.05) is 24.3 Å². The molecule has 4 heterocycles. The Kier molecular flexibility index (Phi) is 4.48. The Balaban J connectivity index is 1.64. The molecule has 0 unspecified atom stereocenters. The number of benzene rings is 1. The number of nitrogens with zero attached hydrogens (tertiary/aromatic N) is 3. The molecule has 152 valence electrons. The number of methoxy groups -OCH3 is 2. The highest BCUT2D eigenvalue weighted by molar-refractivity contribution is 6.10. The zero-order chi connectivity index (χ0) is 20.7. The van der Waals surface area contributed by atoms with Crippen LogP contribution in [0.3, 0.4) is 0 Å². The summed E-state index contributed by atoms with van der Waals surface area (Å²) in [7, 11) is 3.21. The predicted octanol–water partition coefficient (Wildman–Crippen LogP) is 2.80. The molecule has 30 heavy (non-hydrogen) atoms. The third-order valence-electron chi connectivity index (χ3n) is 5.17. The highest BCUT2D eigenvalue weighted by Gasteiger charge is 2.20. The largest absolute Gasteiger partial charge is 0.493 e. The summed E-state index contributed by atoms with van der Waals surface area (Å²) in [5.74, 6) is 2.35. The molecular formula is C22H21N5O3. The predicted molar refractivity (Wildman–Crippen MR) is 115 cm³/mol. The summed E-state index contributed by atoms with van der Waals surface area (Å²) in [5.41, 5.74) is 8.61. The van der Waals surface area contributed by atoms with Gasteiger partial charge in [-0.25, -0.2) is 4.98 Å². The van der Waals surface area contributed by atoms with Crippen LogP contribution in [-0.2, 0) is 0 Å². The molecule has 3 N–H and O–H groups in total. The molecule has 1 aliphatic heterocycles. The van der Waals surface area contributed by atoms with Crippen LogP contribution in [0, 0.1) is 0 Å². The smallest absolute Gasteiger partial charge is 0.162 e. The maximum atomic E-state index is 6.29. The van der Waals surface area contributed by atoms with E-state index in [0.29, 0.717) is 41.4 Å². The van der Waals surface area contributed by atoms with Crippen molar-refractivity contribution in [3.63, 3.8) is 0 Å². The fourth-order valence-electron chi connectivity index (χ4n) is 3.44. The molecule has 0 bridgehead atoms. The quantitative estimate of drug-likeness (QED) is 0.373. The highest BCUT2D eigenvalue weighted by atomic mass is 16.5. The second-order valence-corrected chi connectivity index (χ2v) is 7.16. The first-order valence-electron chi connectivity index (χ1n) is 9.59. The molecule has 1 aromatic carbocycles. The Morgan fingerprint density at radius 3 is 2.57 bits per heavy atom. The first kappa shape index (κ1) is 18.4. The fraction of sp³-hybridized carbons (Fsp3) is 0.227. The first-order valence-corrected chi connectivity index (χ1v) is 9.59. The van der Waals surface area contributed by atoms with Crippen LogP contribution in [0.5, 0.6) is 17.2 Å². The number of aromatic nitrogens is 3. The van der Waals surface area contributed by atoms with Gasteiger partial charge in [-0.1, -0.05) is 0 Å². The van der Waals surface area contributed by atoms with Gasteiger partial charge in [0, 0.05) is 41.3 Å². The number of rotatable bonds is 6. The van der Waals surface area contributed by atoms with Crippen molar-refractivity contribution >= 4 is 27.5 Å². The van der Waals surface area contributed by atoms with E-state index < -0.39 is 0 Å². The van der Waals surface area contributed by atoms with Gasteiger partial charge in [0.25, 0.3) is 0 Å². The van der Waals surface area contributed by atoms with Crippen LogP contribution in [-0.4, -0.2) is 48.4 Å². The third kappa shape index (κ3) is 3.31. The van der Waals surface area contributed by atoms with Gasteiger partial charge in [0.2, 0.25) is 0 Å². The molecule has 8 nitrogen and oxygen atoms in total. The number of hydrogen-bond acceptors (Lipinski definition) is 8. The average Bonchev–Trinajstić information content (AvgIpc) is 3.61. The summed E-state index contributed by atoms with van der Waals surface area (Å²) >= 11 is 0. The minimum absolute atomic E-state index is 0.403. The molecule has 3 aromatic heterocycles. The number of nitrogens with one attached hydrogen (secondary N) is 1. The van der Waals surface area contributed by atoms with Crippen molar-refractivity contribution in [2.45, 2.75) is 6.04 Å². The number of hydrogen-bond donors (Lipinski definition) is 2. The van der Waals surface area contributed by atoms with Crippen LogP contribution in [0.25, 0.3) is 32.9 Å². The Bertz CT molecular complexity index is 1260. The van der Waals surface area contributed by atoms with Gasteiger partial charge < -0.3 is 25.3 Å². The Morgan fingerprint density at radius 1 is 1.00 bits per heavy atom. The van der Waals surface area contributed by atoms with Crippen molar-refractivity contribution in [3.8, 4) is 28.5 Å². The topological polar surface area (TPSA) is 114 Å². The Hall–Kier alpha value is -3.65. The maximum Gasteiger partial charge on any atom is 0.162 e. The van der Waals surface area contributed by atoms with E-state index in [1.54, 1.807) is 32.8 Å². The molecule has 1 saturated heterocycles. The Morgan fingerprint density at radius 2 is 1.80 bits per heavy atom. The Labute approximate surface area is 173 Å². The van der Waals surface area contributed by atoms with Crippen LogP contribution in [0.2, 0.25) is 0 Å². The molecule has 0 spiro atoms. The summed E-state index contributed by atoms with van der Waals surface area (Å²) in [5, 5.41) is 5.82. The van der Waals surface area contributed by atoms with Crippen LogP contribution in [0.1, 0.15) is 0 Å². The molecule has 1 atom stereocenters. The number of nitrogen functional groups attached to an aromatic ring is 1. The van der Waals surface area contributed by atoms with E-state index in [2.05, 4.69) is 20.3 Å². The number of nitrogens with two attached hydrogens (primary N) is 1. The molecule has 1 aliphatic rings. The van der Waals surface area contributed by atoms with Crippen molar-refractivity contribution in [2.75, 3.05) is 33.1 Å². The lowest BCUT2D eigenvalue weighted by molar-refractivity contribution is 0.318. The molecule has 4 aromatic rings. The van der Waals surface area contributed by atoms with Gasteiger partial charge in [0.05, 0.1) is 37.7 Å². The fourth-order valence-corrected chi connectivity index (χ4v) is 3.44. The average molecular weight is 403 g/mol. The summed E-state index contributed by atoms with van der Waals surface area (Å²) in [6, 6.07) is 8.11. The van der Waals surface area contributed by atoms with Crippen molar-refractivity contribution in [1.82, 2.24) is 20.3 Å². The third-order valence-corrected chi connectivity index (χ3v) is 5.17. The van der Waals surface area contributed by atoms with E-state index in [9.17, 15) is 0 Å². The molecule has 0 radical (unpaired) electrons. The molecule has 0 amide bonds. The lowest BCUT2D eigenvalue weighted by Crippen LogP contribution is -2.07. The zero-order valence-electron chi connectivity index (χ0n) is 16.7. The number of anilines is 1. The van der Waals surface area contributed by atoms with Gasteiger partial charge in [-0.15, -0.1) is 0 Å². The lowest BCUT2D eigenvalue weighted by Gasteiger charge is -2.12. The molecule has 0 aliphatic carbocycles. The minimum Gasteiger partial charge on any atom is -0.493 e. The van der Waals surface area contributed by atoms with Crippen LogP contribution in [0.15, 0.2) is 42.9 Å². The standard InChI is InChI=1S/C22H21N5O3/c1-28-20-5-16-15-4-18(12-3-14(9-24-7-12)30-11-13-8-25-13)27-22(23)17(15)10-26-19(16)6-21(20)29-2/h3-7,9-10,13,25H,8,11H2,1-2H3,(H2,23,27)/t13-/m0/s1. The molecule has 8 heteroatoms. The summed E-state index contributed by atoms with van der Waals surface area (Å²) in [6.07, 6.45) is 5.19. The van der Waals surface area contributed by atoms with E-state index in [-0.39, 0.29) is 0 Å². The maximum absolute atomic E-state index is 6.29. The SMILES string of the molecule is COc1cc2ncc3c(N)nc(-c4cncc(OC[C@@H]5CN5)c4)cc3c2cc1OC. The zero-order valence-corrected chi connectivity index (χ0v) is 16.7. The minimum atomic E-state index is 0.403. The van der Waals surface area contributed by atoms with Crippen LogP contribution >= 0.6 is 0 Å². The van der Waals surface area contributed by atoms with Crippen LogP contribution < -0.4 is 25.3 Å². The van der Waals surface area contributed by atoms with Crippen molar-refractivity contribution in [1.29, 1.82) is 0 Å². The van der Waals surface area contributed by atoms with E-state index in [4.69, 9.17) is 19.9 Å². The first-order chi connectivity index (χ1) is 14.7. The van der Waals surface area contributed by atoms with Crippen molar-refractivity contribution in [3.05, 3.63) is 42.9 Å². The van der Waals surface area contributed by atoms with Crippen molar-refractivity contribution in [2.24, 2.45) is 0 Å². The summed E-state index contributed by atoms with van der Waals surface area (Å²) in [6.45, 7) is 1.61. The summed E-state index contributed by atoms with van der Waals surface area (Å²) in [4.78, 5) is 13.4. The van der Waals surface area contributed by atoms with Gasteiger partial charge >= 0.3 is 0 Å². The molecule has 1 fully saturated rings. The van der Waals surface area contributed by atoms with Gasteiger partial charge in [-0.2, -0.15) is 0 Å². The van der Waals surface area contributed by atoms with Gasteiger partial charge in [-0.3, -0.25) is 9.97 Å². The van der Waals surface area contributed by atoms with E-state index in [0.717, 1.165) is 33.8 Å².